The minimum atomic E-state index is -0.251. The van der Waals surface area contributed by atoms with Crippen molar-refractivity contribution in [3.8, 4) is 0 Å². The molecular weight excluding hydrogens is 233 g/mol. The van der Waals surface area contributed by atoms with Crippen molar-refractivity contribution >= 4 is 5.69 Å². The first-order chi connectivity index (χ1) is 8.70. The molecule has 0 spiro atoms. The summed E-state index contributed by atoms with van der Waals surface area (Å²) in [5, 5.41) is 6.34. The summed E-state index contributed by atoms with van der Waals surface area (Å²) in [6, 6.07) is 0.409. The first-order valence-corrected chi connectivity index (χ1v) is 6.35. The molecule has 5 heteroatoms. The quantitative estimate of drug-likeness (QED) is 0.855. The molecule has 0 unspecified atom stereocenters. The molecule has 2 atom stereocenters. The van der Waals surface area contributed by atoms with Gasteiger partial charge in [-0.1, -0.05) is 0 Å². The van der Waals surface area contributed by atoms with E-state index >= 15 is 0 Å². The molecule has 2 rings (SSSR count). The first-order valence-electron chi connectivity index (χ1n) is 6.35. The van der Waals surface area contributed by atoms with E-state index in [2.05, 4.69) is 22.5 Å². The molecule has 0 radical (unpaired) electrons. The molecule has 1 aliphatic heterocycles. The second kappa shape index (κ2) is 6.11. The van der Waals surface area contributed by atoms with Crippen LogP contribution in [-0.4, -0.2) is 37.3 Å². The second-order valence-corrected chi connectivity index (χ2v) is 4.70. The molecular formula is C13H20FN3O. The van der Waals surface area contributed by atoms with Crippen LogP contribution >= 0.6 is 0 Å². The Morgan fingerprint density at radius 1 is 1.56 bits per heavy atom. The Kier molecular flexibility index (Phi) is 4.49. The molecule has 1 aromatic heterocycles. The predicted molar refractivity (Wildman–Crippen MR) is 69.3 cm³/mol. The number of rotatable bonds is 4. The summed E-state index contributed by atoms with van der Waals surface area (Å²) in [6.07, 6.45) is 4.55. The van der Waals surface area contributed by atoms with Crippen molar-refractivity contribution < 1.29 is 9.13 Å². The van der Waals surface area contributed by atoms with Gasteiger partial charge in [-0.25, -0.2) is 4.39 Å². The normalized spacial score (nSPS) is 23.9. The summed E-state index contributed by atoms with van der Waals surface area (Å²) < 4.78 is 19.4. The fourth-order valence-electron chi connectivity index (χ4n) is 2.15. The summed E-state index contributed by atoms with van der Waals surface area (Å²) in [5.74, 6) is -0.251. The molecule has 1 saturated heterocycles. The topological polar surface area (TPSA) is 46.2 Å². The number of aromatic nitrogens is 1. The van der Waals surface area contributed by atoms with Gasteiger partial charge in [-0.05, 0) is 19.8 Å². The lowest BCUT2D eigenvalue weighted by molar-refractivity contribution is 0.00389. The lowest BCUT2D eigenvalue weighted by Gasteiger charge is -2.28. The molecule has 2 N–H and O–H groups in total. The van der Waals surface area contributed by atoms with E-state index in [0.29, 0.717) is 18.0 Å². The summed E-state index contributed by atoms with van der Waals surface area (Å²) in [5.41, 5.74) is 1.45. The lowest BCUT2D eigenvalue weighted by Crippen LogP contribution is -2.44. The minimum absolute atomic E-state index is 0.165. The van der Waals surface area contributed by atoms with E-state index in [0.717, 1.165) is 25.3 Å². The molecule has 100 valence electrons. The highest BCUT2D eigenvalue weighted by molar-refractivity contribution is 5.49. The van der Waals surface area contributed by atoms with Gasteiger partial charge in [0.25, 0.3) is 0 Å². The molecule has 0 aliphatic carbocycles. The molecule has 4 nitrogen and oxygen atoms in total. The Hall–Kier alpha value is -1.20. The molecule has 0 saturated carbocycles. The minimum Gasteiger partial charge on any atom is -0.387 e. The number of hydrogen-bond acceptors (Lipinski definition) is 4. The Morgan fingerprint density at radius 3 is 3.06 bits per heavy atom. The molecule has 2 heterocycles. The largest absolute Gasteiger partial charge is 0.387 e. The van der Waals surface area contributed by atoms with Gasteiger partial charge in [0.1, 0.15) is 5.82 Å². The van der Waals surface area contributed by atoms with Gasteiger partial charge in [-0.15, -0.1) is 0 Å². The maximum absolute atomic E-state index is 13.7. The van der Waals surface area contributed by atoms with Crippen LogP contribution < -0.4 is 10.6 Å². The van der Waals surface area contributed by atoms with Gasteiger partial charge < -0.3 is 15.4 Å². The molecule has 1 aromatic rings. The molecule has 0 amide bonds. The number of morpholine rings is 1. The van der Waals surface area contributed by atoms with Crippen LogP contribution in [0.1, 0.15) is 18.9 Å². The van der Waals surface area contributed by atoms with Crippen LogP contribution in [0.15, 0.2) is 12.4 Å². The van der Waals surface area contributed by atoms with Gasteiger partial charge >= 0.3 is 0 Å². The van der Waals surface area contributed by atoms with E-state index in [4.69, 9.17) is 4.74 Å². The summed E-state index contributed by atoms with van der Waals surface area (Å²) in [6.45, 7) is 3.66. The van der Waals surface area contributed by atoms with Gasteiger partial charge in [0.2, 0.25) is 0 Å². The highest BCUT2D eigenvalue weighted by atomic mass is 19.1. The zero-order valence-electron chi connectivity index (χ0n) is 10.9. The van der Waals surface area contributed by atoms with Crippen molar-refractivity contribution in [2.24, 2.45) is 0 Å². The monoisotopic (exact) mass is 253 g/mol. The number of halogens is 1. The Labute approximate surface area is 107 Å². The number of hydrogen-bond donors (Lipinski definition) is 2. The smallest absolute Gasteiger partial charge is 0.146 e. The maximum atomic E-state index is 13.7. The van der Waals surface area contributed by atoms with Crippen molar-refractivity contribution in [2.75, 3.05) is 25.5 Å². The van der Waals surface area contributed by atoms with Gasteiger partial charge in [0.15, 0.2) is 0 Å². The number of anilines is 1. The predicted octanol–water partition coefficient (Wildman–Crippen LogP) is 1.57. The van der Waals surface area contributed by atoms with E-state index < -0.39 is 0 Å². The second-order valence-electron chi connectivity index (χ2n) is 4.70. The molecule has 0 aromatic carbocycles. The van der Waals surface area contributed by atoms with Crippen molar-refractivity contribution in [1.82, 2.24) is 10.3 Å². The number of nitrogens with zero attached hydrogens (tertiary/aromatic N) is 1. The van der Waals surface area contributed by atoms with Gasteiger partial charge in [0.05, 0.1) is 30.8 Å². The summed E-state index contributed by atoms with van der Waals surface area (Å²) >= 11 is 0. The third-order valence-electron chi connectivity index (χ3n) is 3.27. The number of pyridine rings is 1. The van der Waals surface area contributed by atoms with Crippen molar-refractivity contribution in [2.45, 2.75) is 31.9 Å². The van der Waals surface area contributed by atoms with Crippen molar-refractivity contribution in [3.05, 3.63) is 23.8 Å². The van der Waals surface area contributed by atoms with Crippen LogP contribution in [0.5, 0.6) is 0 Å². The fourth-order valence-corrected chi connectivity index (χ4v) is 2.15. The SMILES string of the molecule is CNc1cncc(F)c1CC[C@@H]1CN[C@H](C)CO1. The highest BCUT2D eigenvalue weighted by Gasteiger charge is 2.19. The molecule has 18 heavy (non-hydrogen) atoms. The molecule has 0 bridgehead atoms. The van der Waals surface area contributed by atoms with Crippen molar-refractivity contribution in [1.29, 1.82) is 0 Å². The average Bonchev–Trinajstić information content (AvgIpc) is 2.39. The third-order valence-corrected chi connectivity index (χ3v) is 3.27. The first kappa shape index (κ1) is 13.2. The van der Waals surface area contributed by atoms with E-state index in [1.54, 1.807) is 13.2 Å². The summed E-state index contributed by atoms with van der Waals surface area (Å²) in [7, 11) is 1.78. The van der Waals surface area contributed by atoms with Crippen LogP contribution in [0, 0.1) is 5.82 Å². The number of nitrogens with one attached hydrogen (secondary N) is 2. The van der Waals surface area contributed by atoms with Crippen LogP contribution in [0.3, 0.4) is 0 Å². The zero-order chi connectivity index (χ0) is 13.0. The van der Waals surface area contributed by atoms with E-state index in [1.165, 1.54) is 6.20 Å². The van der Waals surface area contributed by atoms with Crippen LogP contribution in [0.25, 0.3) is 0 Å². The molecule has 1 aliphatic rings. The van der Waals surface area contributed by atoms with Gasteiger partial charge in [-0.2, -0.15) is 0 Å². The van der Waals surface area contributed by atoms with Gasteiger partial charge in [0, 0.05) is 25.2 Å². The highest BCUT2D eigenvalue weighted by Crippen LogP contribution is 2.20. The maximum Gasteiger partial charge on any atom is 0.146 e. The van der Waals surface area contributed by atoms with Gasteiger partial charge in [-0.3, -0.25) is 4.98 Å². The van der Waals surface area contributed by atoms with Crippen LogP contribution in [0.4, 0.5) is 10.1 Å². The van der Waals surface area contributed by atoms with Crippen LogP contribution in [-0.2, 0) is 11.2 Å². The Bertz CT molecular complexity index is 392. The van der Waals surface area contributed by atoms with Crippen LogP contribution in [0.2, 0.25) is 0 Å². The Balaban J connectivity index is 1.93. The zero-order valence-corrected chi connectivity index (χ0v) is 10.9. The number of ether oxygens (including phenoxy) is 1. The summed E-state index contributed by atoms with van der Waals surface area (Å²) in [4.78, 5) is 3.84. The molecule has 1 fully saturated rings. The average molecular weight is 253 g/mol. The third kappa shape index (κ3) is 3.17. The van der Waals surface area contributed by atoms with E-state index in [1.807, 2.05) is 0 Å². The Morgan fingerprint density at radius 2 is 2.39 bits per heavy atom. The van der Waals surface area contributed by atoms with E-state index in [-0.39, 0.29) is 11.9 Å². The standard InChI is InChI=1S/C13H20FN3O/c1-9-8-18-10(5-17-9)3-4-11-12(14)6-16-7-13(11)15-2/h6-7,9-10,15,17H,3-5,8H2,1-2H3/t9-,10-/m1/s1. The van der Waals surface area contributed by atoms with E-state index in [9.17, 15) is 4.39 Å². The fraction of sp³-hybridized carbons (Fsp3) is 0.615. The van der Waals surface area contributed by atoms with Crippen molar-refractivity contribution in [3.63, 3.8) is 0 Å². The lowest BCUT2D eigenvalue weighted by atomic mass is 10.0.